The molecule has 0 radical (unpaired) electrons. The number of nitrogens with two attached hydrogens (primary N) is 2. The van der Waals surface area contributed by atoms with Crippen molar-refractivity contribution in [2.75, 3.05) is 24.7 Å². The molecular weight excluding hydrogens is 563 g/mol. The Labute approximate surface area is 222 Å². The Morgan fingerprint density at radius 3 is 2.48 bits per heavy atom. The van der Waals surface area contributed by atoms with Crippen LogP contribution < -0.4 is 22.7 Å². The molecule has 40 heavy (non-hydrogen) atoms. The van der Waals surface area contributed by atoms with Crippen molar-refractivity contribution in [2.24, 2.45) is 0 Å². The van der Waals surface area contributed by atoms with E-state index in [-0.39, 0.29) is 22.9 Å². The van der Waals surface area contributed by atoms with Crippen LogP contribution in [0.2, 0.25) is 0 Å². The van der Waals surface area contributed by atoms with Gasteiger partial charge in [-0.15, -0.1) is 0 Å². The molecule has 2 aliphatic rings. The largest absolute Gasteiger partial charge is 0.472 e. The molecule has 20 nitrogen and oxygen atoms in total. The predicted octanol–water partition coefficient (Wildman–Crippen LogP) is -4.09. The number of phosphoric ester groups is 1. The smallest absolute Gasteiger partial charge is 0.394 e. The Kier molecular flexibility index (Phi) is 7.48. The summed E-state index contributed by atoms with van der Waals surface area (Å²) in [6.07, 6.45) is -9.89. The number of rotatable bonds is 8. The normalized spacial score (nSPS) is 32.0. The molecule has 0 spiro atoms. The van der Waals surface area contributed by atoms with Gasteiger partial charge in [-0.25, -0.2) is 14.3 Å². The number of aliphatic hydroxyl groups is 4. The van der Waals surface area contributed by atoms with Crippen LogP contribution in [0.5, 0.6) is 0 Å². The summed E-state index contributed by atoms with van der Waals surface area (Å²) in [5, 5.41) is 41.0. The molecule has 218 valence electrons. The highest BCUT2D eigenvalue weighted by molar-refractivity contribution is 7.47. The van der Waals surface area contributed by atoms with Crippen LogP contribution in [0.4, 0.5) is 11.8 Å². The van der Waals surface area contributed by atoms with E-state index in [9.17, 15) is 39.5 Å². The monoisotopic (exact) mass is 588 g/mol. The van der Waals surface area contributed by atoms with Crippen LogP contribution in [0.1, 0.15) is 12.5 Å². The standard InChI is InChI=1S/C19H25N8O12P/c20-8-1-2-26(19(33)23-8)16-12(31)10(29)7(38-16)4-36-40(34,35)39-13-11(30)6(3-28)37-17(13)27-5-22-9-14(27)24-18(21)25-15(9)32/h1-2,5-7,10-13,16-17,28-31H,3-4H2,(H,34,35)(H2,20,23,33)(H3,21,24,25,32)/t6-,7-,10-,11-,12-,13-,16-,17-/m1/s1. The van der Waals surface area contributed by atoms with Crippen molar-refractivity contribution in [2.45, 2.75) is 49.1 Å². The van der Waals surface area contributed by atoms with Crippen LogP contribution in [0.15, 0.2) is 28.2 Å². The van der Waals surface area contributed by atoms with E-state index < -0.39 is 81.4 Å². The fourth-order valence-electron chi connectivity index (χ4n) is 4.40. The number of ether oxygens (including phenoxy) is 2. The molecule has 3 aromatic rings. The zero-order valence-corrected chi connectivity index (χ0v) is 21.1. The van der Waals surface area contributed by atoms with Crippen molar-refractivity contribution < 1.29 is 48.4 Å². The van der Waals surface area contributed by atoms with E-state index >= 15 is 0 Å². The van der Waals surface area contributed by atoms with E-state index in [0.29, 0.717) is 0 Å². The summed E-state index contributed by atoms with van der Waals surface area (Å²) in [6, 6.07) is 1.26. The van der Waals surface area contributed by atoms with Gasteiger partial charge in [0.25, 0.3) is 5.56 Å². The molecule has 0 aliphatic carbocycles. The number of nitrogens with one attached hydrogen (secondary N) is 1. The van der Waals surface area contributed by atoms with Gasteiger partial charge in [-0.3, -0.25) is 28.0 Å². The zero-order valence-electron chi connectivity index (χ0n) is 20.2. The molecular formula is C19H25N8O12P. The molecule has 2 saturated heterocycles. The third-order valence-electron chi connectivity index (χ3n) is 6.34. The maximum Gasteiger partial charge on any atom is 0.472 e. The molecule has 5 rings (SSSR count). The molecule has 0 aromatic carbocycles. The van der Waals surface area contributed by atoms with Crippen LogP contribution in [0.3, 0.4) is 0 Å². The third kappa shape index (κ3) is 5.12. The lowest BCUT2D eigenvalue weighted by atomic mass is 10.1. The first-order chi connectivity index (χ1) is 18.9. The SMILES string of the molecule is Nc1ccn([C@@H]2O[C@H](COP(=O)(O)O[C@@H]3[C@H](O)[C@@H](CO)O[C@H]3n3cnc4c(=O)[nH]c(N)nc43)[C@@H](O)[C@H]2O)c(=O)n1. The number of fused-ring (bicyclic) bond motifs is 1. The molecule has 3 aromatic heterocycles. The van der Waals surface area contributed by atoms with Crippen LogP contribution in [-0.4, -0.2) is 104 Å². The average molecular weight is 588 g/mol. The minimum atomic E-state index is -5.08. The van der Waals surface area contributed by atoms with Gasteiger partial charge in [-0.1, -0.05) is 0 Å². The predicted molar refractivity (Wildman–Crippen MR) is 129 cm³/mol. The van der Waals surface area contributed by atoms with Crippen molar-refractivity contribution >= 4 is 30.8 Å². The summed E-state index contributed by atoms with van der Waals surface area (Å²) in [7, 11) is -5.08. The molecule has 21 heteroatoms. The first-order valence-corrected chi connectivity index (χ1v) is 13.1. The van der Waals surface area contributed by atoms with Gasteiger partial charge >= 0.3 is 13.5 Å². The van der Waals surface area contributed by atoms with Crippen molar-refractivity contribution in [1.29, 1.82) is 0 Å². The van der Waals surface area contributed by atoms with Gasteiger partial charge in [0.15, 0.2) is 23.6 Å². The maximum atomic E-state index is 12.9. The number of H-pyrrole nitrogens is 1. The number of nitrogens with zero attached hydrogens (tertiary/aromatic N) is 5. The number of phosphoric acid groups is 1. The second-order valence-corrected chi connectivity index (χ2v) is 10.3. The first kappa shape index (κ1) is 28.2. The fourth-order valence-corrected chi connectivity index (χ4v) is 5.34. The second-order valence-electron chi connectivity index (χ2n) is 8.94. The molecule has 10 N–H and O–H groups in total. The van der Waals surface area contributed by atoms with Crippen LogP contribution >= 0.6 is 7.82 Å². The Balaban J connectivity index is 1.32. The summed E-state index contributed by atoms with van der Waals surface area (Å²) >= 11 is 0. The van der Waals surface area contributed by atoms with Crippen LogP contribution in [0.25, 0.3) is 11.2 Å². The van der Waals surface area contributed by atoms with E-state index in [1.165, 1.54) is 12.3 Å². The van der Waals surface area contributed by atoms with Crippen LogP contribution in [0, 0.1) is 0 Å². The van der Waals surface area contributed by atoms with Gasteiger partial charge in [0.05, 0.1) is 19.5 Å². The van der Waals surface area contributed by atoms with Gasteiger partial charge < -0.3 is 46.3 Å². The first-order valence-electron chi connectivity index (χ1n) is 11.6. The molecule has 2 aliphatic heterocycles. The highest BCUT2D eigenvalue weighted by atomic mass is 31.2. The zero-order chi connectivity index (χ0) is 28.9. The maximum absolute atomic E-state index is 12.9. The van der Waals surface area contributed by atoms with Crippen molar-refractivity contribution in [3.8, 4) is 0 Å². The number of hydrogen-bond donors (Lipinski definition) is 8. The Bertz CT molecular complexity index is 1560. The Hall–Kier alpha value is -3.30. The van der Waals surface area contributed by atoms with Gasteiger partial charge in [-0.2, -0.15) is 9.97 Å². The van der Waals surface area contributed by atoms with Crippen molar-refractivity contribution in [3.05, 3.63) is 39.4 Å². The lowest BCUT2D eigenvalue weighted by Gasteiger charge is -2.24. The van der Waals surface area contributed by atoms with Crippen LogP contribution in [-0.2, 0) is 23.1 Å². The summed E-state index contributed by atoms with van der Waals surface area (Å²) in [5.41, 5.74) is 9.23. The van der Waals surface area contributed by atoms with E-state index in [2.05, 4.69) is 19.9 Å². The number of nitrogen functional groups attached to an aromatic ring is 2. The van der Waals surface area contributed by atoms with E-state index in [1.54, 1.807) is 0 Å². The minimum Gasteiger partial charge on any atom is -0.394 e. The number of aliphatic hydroxyl groups excluding tert-OH is 4. The van der Waals surface area contributed by atoms with Gasteiger partial charge in [0, 0.05) is 6.20 Å². The molecule has 2 fully saturated rings. The molecule has 0 bridgehead atoms. The topological polar surface area (TPSA) is 306 Å². The highest BCUT2D eigenvalue weighted by Gasteiger charge is 2.50. The fraction of sp³-hybridized carbons (Fsp3) is 0.526. The van der Waals surface area contributed by atoms with Gasteiger partial charge in [0.1, 0.15) is 42.4 Å². The number of imidazole rings is 1. The Morgan fingerprint density at radius 2 is 1.77 bits per heavy atom. The number of aromatic nitrogens is 6. The quantitative estimate of drug-likeness (QED) is 0.116. The minimum absolute atomic E-state index is 0.0814. The lowest BCUT2D eigenvalue weighted by molar-refractivity contribution is -0.0635. The summed E-state index contributed by atoms with van der Waals surface area (Å²) < 4.78 is 36.0. The summed E-state index contributed by atoms with van der Waals surface area (Å²) in [6.45, 7) is -1.52. The third-order valence-corrected chi connectivity index (χ3v) is 7.32. The molecule has 9 atom stereocenters. The molecule has 0 saturated carbocycles. The molecule has 0 amide bonds. The van der Waals surface area contributed by atoms with E-state index in [1.807, 2.05) is 0 Å². The van der Waals surface area contributed by atoms with Gasteiger partial charge in [-0.05, 0) is 6.07 Å². The highest BCUT2D eigenvalue weighted by Crippen LogP contribution is 2.50. The summed E-state index contributed by atoms with van der Waals surface area (Å²) in [4.78, 5) is 48.3. The number of hydrogen-bond acceptors (Lipinski definition) is 16. The number of anilines is 2. The van der Waals surface area contributed by atoms with Crippen molar-refractivity contribution in [3.63, 3.8) is 0 Å². The number of aromatic amines is 1. The Morgan fingerprint density at radius 1 is 1.05 bits per heavy atom. The van der Waals surface area contributed by atoms with Gasteiger partial charge in [0.2, 0.25) is 5.95 Å². The average Bonchev–Trinajstić information content (AvgIpc) is 3.53. The molecule has 1 unspecified atom stereocenters. The van der Waals surface area contributed by atoms with E-state index in [0.717, 1.165) is 15.5 Å². The molecule has 5 heterocycles. The van der Waals surface area contributed by atoms with E-state index in [4.69, 9.17) is 30.0 Å². The van der Waals surface area contributed by atoms with Crippen molar-refractivity contribution in [1.82, 2.24) is 29.1 Å². The lowest BCUT2D eigenvalue weighted by Crippen LogP contribution is -2.36. The summed E-state index contributed by atoms with van der Waals surface area (Å²) in [5.74, 6) is -0.347. The second kappa shape index (κ2) is 10.6.